The first-order valence-corrected chi connectivity index (χ1v) is 9.85. The van der Waals surface area contributed by atoms with Gasteiger partial charge in [-0.3, -0.25) is 14.2 Å². The van der Waals surface area contributed by atoms with Crippen molar-refractivity contribution < 1.29 is 4.79 Å². The molecule has 0 saturated carbocycles. The zero-order valence-corrected chi connectivity index (χ0v) is 17.3. The molecule has 1 unspecified atom stereocenters. The van der Waals surface area contributed by atoms with Gasteiger partial charge in [-0.2, -0.15) is 0 Å². The summed E-state index contributed by atoms with van der Waals surface area (Å²) in [6, 6.07) is 4.57. The molecule has 26 heavy (non-hydrogen) atoms. The number of unbranched alkanes of at least 4 members (excludes halogenated alkanes) is 1. The van der Waals surface area contributed by atoms with Crippen LogP contribution in [-0.2, 0) is 11.3 Å². The number of halogens is 3. The fourth-order valence-corrected chi connectivity index (χ4v) is 3.35. The summed E-state index contributed by atoms with van der Waals surface area (Å²) in [6.45, 7) is 6.64. The van der Waals surface area contributed by atoms with Gasteiger partial charge in [-0.05, 0) is 38.5 Å². The number of hydrogen-bond donors (Lipinski definition) is 0. The zero-order valence-electron chi connectivity index (χ0n) is 15.0. The van der Waals surface area contributed by atoms with Crippen LogP contribution in [0.5, 0.6) is 0 Å². The second kappa shape index (κ2) is 9.07. The van der Waals surface area contributed by atoms with Gasteiger partial charge in [0.2, 0.25) is 0 Å². The standard InChI is InChI=1S/C18H22Cl3N3O2/c1-4-6-9-24(18(26)15(20)21)11(3)16-22-14-8-7-12(19)10-13(14)17(25)23(16)5-2/h7-8,10-11,15H,4-6,9H2,1-3H3. The van der Waals surface area contributed by atoms with Gasteiger partial charge < -0.3 is 4.90 Å². The third-order valence-electron chi connectivity index (χ3n) is 4.33. The summed E-state index contributed by atoms with van der Waals surface area (Å²) in [5, 5.41) is 0.932. The Labute approximate surface area is 167 Å². The molecule has 5 nitrogen and oxygen atoms in total. The van der Waals surface area contributed by atoms with Crippen molar-refractivity contribution in [2.24, 2.45) is 0 Å². The highest BCUT2D eigenvalue weighted by Gasteiger charge is 2.28. The third kappa shape index (κ3) is 4.33. The molecule has 8 heteroatoms. The molecule has 1 amide bonds. The number of aromatic nitrogens is 2. The van der Waals surface area contributed by atoms with Crippen LogP contribution in [0.4, 0.5) is 0 Å². The zero-order chi connectivity index (χ0) is 19.4. The van der Waals surface area contributed by atoms with Crippen molar-refractivity contribution in [2.75, 3.05) is 6.54 Å². The van der Waals surface area contributed by atoms with Crippen LogP contribution in [0, 0.1) is 0 Å². The molecule has 0 N–H and O–H groups in total. The molecular weight excluding hydrogens is 397 g/mol. The van der Waals surface area contributed by atoms with Gasteiger partial charge in [-0.15, -0.1) is 0 Å². The number of fused-ring (bicyclic) bond motifs is 1. The van der Waals surface area contributed by atoms with Crippen molar-refractivity contribution in [3.05, 3.63) is 39.4 Å². The summed E-state index contributed by atoms with van der Waals surface area (Å²) >= 11 is 17.7. The molecular formula is C18H22Cl3N3O2. The predicted molar refractivity (Wildman–Crippen MR) is 107 cm³/mol. The van der Waals surface area contributed by atoms with Gasteiger partial charge in [0.1, 0.15) is 5.82 Å². The molecule has 0 aliphatic rings. The maximum absolute atomic E-state index is 12.9. The van der Waals surface area contributed by atoms with Crippen molar-refractivity contribution >= 4 is 51.6 Å². The maximum Gasteiger partial charge on any atom is 0.261 e. The Bertz CT molecular complexity index is 851. The highest BCUT2D eigenvalue weighted by molar-refractivity contribution is 6.53. The number of alkyl halides is 2. The van der Waals surface area contributed by atoms with Crippen molar-refractivity contribution in [1.82, 2.24) is 14.5 Å². The summed E-state index contributed by atoms with van der Waals surface area (Å²) in [5.74, 6) is 0.119. The van der Waals surface area contributed by atoms with E-state index in [-0.39, 0.29) is 11.5 Å². The number of hydrogen-bond acceptors (Lipinski definition) is 3. The Morgan fingerprint density at radius 2 is 2.00 bits per heavy atom. The number of nitrogens with zero attached hydrogens (tertiary/aromatic N) is 3. The van der Waals surface area contributed by atoms with E-state index in [4.69, 9.17) is 34.8 Å². The highest BCUT2D eigenvalue weighted by atomic mass is 35.5. The molecule has 0 fully saturated rings. The van der Waals surface area contributed by atoms with Crippen LogP contribution < -0.4 is 5.56 Å². The Hall–Kier alpha value is -1.30. The summed E-state index contributed by atoms with van der Waals surface area (Å²) in [4.78, 5) is 30.4. The lowest BCUT2D eigenvalue weighted by Gasteiger charge is -2.30. The summed E-state index contributed by atoms with van der Waals surface area (Å²) in [5.41, 5.74) is 0.361. The van der Waals surface area contributed by atoms with E-state index >= 15 is 0 Å². The van der Waals surface area contributed by atoms with Crippen LogP contribution in [0.25, 0.3) is 10.9 Å². The summed E-state index contributed by atoms with van der Waals surface area (Å²) in [6.07, 6.45) is 1.71. The lowest BCUT2D eigenvalue weighted by molar-refractivity contribution is -0.131. The monoisotopic (exact) mass is 417 g/mol. The first-order chi connectivity index (χ1) is 12.3. The van der Waals surface area contributed by atoms with Gasteiger partial charge in [0.15, 0.2) is 4.84 Å². The minimum Gasteiger partial charge on any atom is -0.330 e. The van der Waals surface area contributed by atoms with Gasteiger partial charge in [0.05, 0.1) is 16.9 Å². The van der Waals surface area contributed by atoms with Crippen molar-refractivity contribution in [1.29, 1.82) is 0 Å². The van der Waals surface area contributed by atoms with E-state index in [2.05, 4.69) is 4.98 Å². The molecule has 0 bridgehead atoms. The molecule has 1 heterocycles. The van der Waals surface area contributed by atoms with Crippen LogP contribution in [0.1, 0.15) is 45.5 Å². The number of carbonyl (C=O) groups is 1. The van der Waals surface area contributed by atoms with E-state index < -0.39 is 10.9 Å². The summed E-state index contributed by atoms with van der Waals surface area (Å²) in [7, 11) is 0. The van der Waals surface area contributed by atoms with Crippen molar-refractivity contribution in [3.63, 3.8) is 0 Å². The van der Waals surface area contributed by atoms with E-state index in [9.17, 15) is 9.59 Å². The normalized spacial score (nSPS) is 12.6. The molecule has 0 aliphatic carbocycles. The van der Waals surface area contributed by atoms with Crippen molar-refractivity contribution in [2.45, 2.75) is 51.0 Å². The smallest absolute Gasteiger partial charge is 0.261 e. The summed E-state index contributed by atoms with van der Waals surface area (Å²) < 4.78 is 1.56. The van der Waals surface area contributed by atoms with E-state index in [1.165, 1.54) is 0 Å². The van der Waals surface area contributed by atoms with Gasteiger partial charge in [0.25, 0.3) is 11.5 Å². The fourth-order valence-electron chi connectivity index (χ4n) is 2.92. The number of benzene rings is 1. The quantitative estimate of drug-likeness (QED) is 0.619. The van der Waals surface area contributed by atoms with Crippen LogP contribution in [0.3, 0.4) is 0 Å². The van der Waals surface area contributed by atoms with E-state index in [0.29, 0.717) is 34.8 Å². The van der Waals surface area contributed by atoms with Crippen LogP contribution in [0.15, 0.2) is 23.0 Å². The molecule has 0 aliphatic heterocycles. The average Bonchev–Trinajstić information content (AvgIpc) is 2.61. The molecule has 2 rings (SSSR count). The highest BCUT2D eigenvalue weighted by Crippen LogP contribution is 2.24. The second-order valence-electron chi connectivity index (χ2n) is 6.04. The molecule has 0 saturated heterocycles. The Kier molecular flexibility index (Phi) is 7.33. The van der Waals surface area contributed by atoms with E-state index in [1.807, 2.05) is 20.8 Å². The molecule has 2 aromatic rings. The number of amides is 1. The largest absolute Gasteiger partial charge is 0.330 e. The fraction of sp³-hybridized carbons (Fsp3) is 0.500. The first-order valence-electron chi connectivity index (χ1n) is 8.60. The van der Waals surface area contributed by atoms with E-state index in [0.717, 1.165) is 12.8 Å². The third-order valence-corrected chi connectivity index (χ3v) is 4.93. The average molecular weight is 419 g/mol. The topological polar surface area (TPSA) is 55.2 Å². The molecule has 0 spiro atoms. The molecule has 0 radical (unpaired) electrons. The Morgan fingerprint density at radius 3 is 2.58 bits per heavy atom. The van der Waals surface area contributed by atoms with Gasteiger partial charge >= 0.3 is 0 Å². The Balaban J connectivity index is 2.59. The maximum atomic E-state index is 12.9. The molecule has 1 aromatic carbocycles. The minimum absolute atomic E-state index is 0.182. The lowest BCUT2D eigenvalue weighted by atomic mass is 10.2. The van der Waals surface area contributed by atoms with Gasteiger partial charge in [0, 0.05) is 18.1 Å². The molecule has 142 valence electrons. The molecule has 1 aromatic heterocycles. The van der Waals surface area contributed by atoms with Crippen LogP contribution >= 0.6 is 34.8 Å². The van der Waals surface area contributed by atoms with Crippen LogP contribution in [0.2, 0.25) is 5.02 Å². The Morgan fingerprint density at radius 1 is 1.31 bits per heavy atom. The number of carbonyl (C=O) groups excluding carboxylic acids is 1. The van der Waals surface area contributed by atoms with Crippen molar-refractivity contribution in [3.8, 4) is 0 Å². The first kappa shape index (κ1) is 21.0. The minimum atomic E-state index is -1.16. The molecule has 1 atom stereocenters. The lowest BCUT2D eigenvalue weighted by Crippen LogP contribution is -2.40. The van der Waals surface area contributed by atoms with Gasteiger partial charge in [-0.1, -0.05) is 48.1 Å². The number of rotatable bonds is 7. The van der Waals surface area contributed by atoms with E-state index in [1.54, 1.807) is 27.7 Å². The predicted octanol–water partition coefficient (Wildman–Crippen LogP) is 4.56. The second-order valence-corrected chi connectivity index (χ2v) is 7.58. The van der Waals surface area contributed by atoms with Crippen LogP contribution in [-0.4, -0.2) is 31.7 Å². The SMILES string of the molecule is CCCCN(C(=O)C(Cl)Cl)C(C)c1nc2ccc(Cl)cc2c(=O)n1CC. The van der Waals surface area contributed by atoms with Gasteiger partial charge in [-0.25, -0.2) is 4.98 Å².